The number of carbonyl (C=O) groups excluding carboxylic acids is 2. The lowest BCUT2D eigenvalue weighted by molar-refractivity contribution is -0.00492. The molecular formula is C16H24N2O4S. The minimum absolute atomic E-state index is 0.173. The number of amides is 2. The summed E-state index contributed by atoms with van der Waals surface area (Å²) in [6.45, 7) is 5.46. The maximum atomic E-state index is 12.5. The van der Waals surface area contributed by atoms with Crippen LogP contribution in [0.1, 0.15) is 43.5 Å². The van der Waals surface area contributed by atoms with Gasteiger partial charge in [-0.25, -0.2) is 9.59 Å². The minimum Gasteiger partial charge on any atom is -0.462 e. The second-order valence-electron chi connectivity index (χ2n) is 5.81. The third kappa shape index (κ3) is 4.45. The Balaban J connectivity index is 2.00. The van der Waals surface area contributed by atoms with Gasteiger partial charge in [0, 0.05) is 20.2 Å². The number of thiophene rings is 1. The molecule has 1 aliphatic rings. The number of carbonyl (C=O) groups is 2. The predicted molar refractivity (Wildman–Crippen MR) is 90.1 cm³/mol. The zero-order valence-electron chi connectivity index (χ0n) is 13.9. The zero-order valence-corrected chi connectivity index (χ0v) is 14.7. The van der Waals surface area contributed by atoms with Crippen LogP contribution in [0.4, 0.5) is 9.80 Å². The summed E-state index contributed by atoms with van der Waals surface area (Å²) < 4.78 is 10.6. The van der Waals surface area contributed by atoms with Crippen LogP contribution in [0.3, 0.4) is 0 Å². The molecule has 1 atom stereocenters. The highest BCUT2D eigenvalue weighted by Crippen LogP contribution is 2.27. The number of rotatable bonds is 4. The first kappa shape index (κ1) is 17.7. The number of hydrogen-bond acceptors (Lipinski definition) is 5. The molecule has 2 amide bonds. The Morgan fingerprint density at radius 2 is 2.17 bits per heavy atom. The molecule has 2 rings (SSSR count). The summed E-state index contributed by atoms with van der Waals surface area (Å²) in [5, 5.41) is 5.14. The number of anilines is 1. The van der Waals surface area contributed by atoms with Gasteiger partial charge in [-0.05, 0) is 44.6 Å². The molecule has 1 saturated heterocycles. The van der Waals surface area contributed by atoms with Gasteiger partial charge >= 0.3 is 12.0 Å². The third-order valence-corrected chi connectivity index (χ3v) is 5.04. The van der Waals surface area contributed by atoms with E-state index in [9.17, 15) is 9.59 Å². The smallest absolute Gasteiger partial charge is 0.341 e. The lowest BCUT2D eigenvalue weighted by Gasteiger charge is -2.26. The topological polar surface area (TPSA) is 67.9 Å². The molecule has 1 aromatic rings. The van der Waals surface area contributed by atoms with Gasteiger partial charge in [-0.15, -0.1) is 11.3 Å². The monoisotopic (exact) mass is 340 g/mol. The highest BCUT2D eigenvalue weighted by Gasteiger charge is 2.29. The summed E-state index contributed by atoms with van der Waals surface area (Å²) in [6.07, 6.45) is 2.62. The quantitative estimate of drug-likeness (QED) is 0.854. The van der Waals surface area contributed by atoms with Gasteiger partial charge in [-0.1, -0.05) is 0 Å². The molecule has 0 saturated carbocycles. The van der Waals surface area contributed by atoms with Crippen molar-refractivity contribution in [1.82, 2.24) is 4.90 Å². The molecule has 1 aromatic heterocycles. The van der Waals surface area contributed by atoms with Crippen LogP contribution in [0.15, 0.2) is 11.4 Å². The first-order valence-corrected chi connectivity index (χ1v) is 8.73. The number of urea groups is 1. The van der Waals surface area contributed by atoms with E-state index in [1.807, 2.05) is 0 Å². The van der Waals surface area contributed by atoms with E-state index >= 15 is 0 Å². The first-order valence-electron chi connectivity index (χ1n) is 7.85. The highest BCUT2D eigenvalue weighted by atomic mass is 32.1. The van der Waals surface area contributed by atoms with Gasteiger partial charge in [0.25, 0.3) is 0 Å². The molecule has 0 bridgehead atoms. The van der Waals surface area contributed by atoms with Gasteiger partial charge in [0.1, 0.15) is 5.00 Å². The number of esters is 1. The second kappa shape index (κ2) is 7.79. The van der Waals surface area contributed by atoms with Gasteiger partial charge in [0.05, 0.1) is 17.8 Å². The molecule has 128 valence electrons. The van der Waals surface area contributed by atoms with Crippen molar-refractivity contribution in [3.8, 4) is 0 Å². The summed E-state index contributed by atoms with van der Waals surface area (Å²) in [5.41, 5.74) is 0.232. The summed E-state index contributed by atoms with van der Waals surface area (Å²) >= 11 is 1.32. The van der Waals surface area contributed by atoms with Gasteiger partial charge in [-0.3, -0.25) is 5.32 Å². The summed E-state index contributed by atoms with van der Waals surface area (Å²) in [4.78, 5) is 26.1. The third-order valence-electron chi connectivity index (χ3n) is 4.21. The zero-order chi connectivity index (χ0) is 16.9. The predicted octanol–water partition coefficient (Wildman–Crippen LogP) is 3.35. The van der Waals surface area contributed by atoms with Crippen LogP contribution < -0.4 is 5.32 Å². The van der Waals surface area contributed by atoms with Crippen molar-refractivity contribution in [3.63, 3.8) is 0 Å². The van der Waals surface area contributed by atoms with Crippen LogP contribution in [-0.4, -0.2) is 49.3 Å². The maximum absolute atomic E-state index is 12.5. The number of nitrogens with one attached hydrogen (secondary N) is 1. The van der Waals surface area contributed by atoms with Gasteiger partial charge < -0.3 is 14.4 Å². The van der Waals surface area contributed by atoms with Crippen LogP contribution in [0.25, 0.3) is 0 Å². The molecule has 6 nitrogen and oxygen atoms in total. The van der Waals surface area contributed by atoms with E-state index < -0.39 is 5.97 Å². The fourth-order valence-electron chi connectivity index (χ4n) is 2.61. The normalized spacial score (nSPS) is 21.6. The van der Waals surface area contributed by atoms with Crippen LogP contribution in [-0.2, 0) is 9.47 Å². The molecule has 0 radical (unpaired) electrons. The molecule has 23 heavy (non-hydrogen) atoms. The molecule has 1 fully saturated rings. The lowest BCUT2D eigenvalue weighted by Crippen LogP contribution is -2.37. The van der Waals surface area contributed by atoms with Gasteiger partial charge in [0.15, 0.2) is 0 Å². The Morgan fingerprint density at radius 3 is 2.87 bits per heavy atom. The molecule has 0 spiro atoms. The SMILES string of the molecule is CCOC(=O)c1ccsc1NC(=O)N1CCC[C@@](C)(OC)CC1. The first-order chi connectivity index (χ1) is 11.0. The molecular weight excluding hydrogens is 316 g/mol. The van der Waals surface area contributed by atoms with Crippen molar-refractivity contribution >= 4 is 28.3 Å². The van der Waals surface area contributed by atoms with E-state index in [1.54, 1.807) is 30.4 Å². The molecule has 0 aromatic carbocycles. The average molecular weight is 340 g/mol. The van der Waals surface area contributed by atoms with E-state index in [0.29, 0.717) is 30.3 Å². The number of hydrogen-bond donors (Lipinski definition) is 1. The summed E-state index contributed by atoms with van der Waals surface area (Å²) in [7, 11) is 1.72. The summed E-state index contributed by atoms with van der Waals surface area (Å²) in [5.74, 6) is -0.410. The maximum Gasteiger partial charge on any atom is 0.341 e. The van der Waals surface area contributed by atoms with Crippen LogP contribution in [0.5, 0.6) is 0 Å². The van der Waals surface area contributed by atoms with Crippen LogP contribution in [0.2, 0.25) is 0 Å². The molecule has 1 aliphatic heterocycles. The molecule has 0 unspecified atom stereocenters. The van der Waals surface area contributed by atoms with E-state index in [4.69, 9.17) is 9.47 Å². The van der Waals surface area contributed by atoms with Crippen molar-refractivity contribution in [1.29, 1.82) is 0 Å². The molecule has 2 heterocycles. The Kier molecular flexibility index (Phi) is 6.01. The largest absolute Gasteiger partial charge is 0.462 e. The number of ether oxygens (including phenoxy) is 2. The van der Waals surface area contributed by atoms with Crippen molar-refractivity contribution in [2.45, 2.75) is 38.7 Å². The molecule has 0 aliphatic carbocycles. The fourth-order valence-corrected chi connectivity index (χ4v) is 3.38. The van der Waals surface area contributed by atoms with E-state index in [2.05, 4.69) is 12.2 Å². The highest BCUT2D eigenvalue weighted by molar-refractivity contribution is 7.14. The fraction of sp³-hybridized carbons (Fsp3) is 0.625. The van der Waals surface area contributed by atoms with Crippen molar-refractivity contribution in [2.75, 3.05) is 32.1 Å². The Hall–Kier alpha value is -1.60. The molecule has 7 heteroatoms. The van der Waals surface area contributed by atoms with Crippen molar-refractivity contribution in [3.05, 3.63) is 17.0 Å². The van der Waals surface area contributed by atoms with Crippen molar-refractivity contribution < 1.29 is 19.1 Å². The average Bonchev–Trinajstić information content (AvgIpc) is 2.89. The Bertz CT molecular complexity index is 560. The second-order valence-corrected chi connectivity index (χ2v) is 6.72. The number of nitrogens with zero attached hydrogens (tertiary/aromatic N) is 1. The number of likely N-dealkylation sites (tertiary alicyclic amines) is 1. The van der Waals surface area contributed by atoms with Gasteiger partial charge in [-0.2, -0.15) is 0 Å². The Morgan fingerprint density at radius 1 is 1.39 bits per heavy atom. The number of methoxy groups -OCH3 is 1. The van der Waals surface area contributed by atoms with Crippen molar-refractivity contribution in [2.24, 2.45) is 0 Å². The lowest BCUT2D eigenvalue weighted by atomic mass is 9.97. The van der Waals surface area contributed by atoms with Crippen LogP contribution in [0, 0.1) is 0 Å². The van der Waals surface area contributed by atoms with Gasteiger partial charge in [0.2, 0.25) is 0 Å². The van der Waals surface area contributed by atoms with E-state index in [-0.39, 0.29) is 11.6 Å². The van der Waals surface area contributed by atoms with Crippen LogP contribution >= 0.6 is 11.3 Å². The standard InChI is InChI=1S/C16H24N2O4S/c1-4-22-14(19)12-6-11-23-13(12)17-15(20)18-9-5-7-16(2,21-3)8-10-18/h6,11H,4-5,7-10H2,1-3H3,(H,17,20)/t16-/m1/s1. The van der Waals surface area contributed by atoms with E-state index in [0.717, 1.165) is 19.3 Å². The molecule has 1 N–H and O–H groups in total. The van der Waals surface area contributed by atoms with E-state index in [1.165, 1.54) is 11.3 Å². The summed E-state index contributed by atoms with van der Waals surface area (Å²) in [6, 6.07) is 1.49. The minimum atomic E-state index is -0.410. The Labute approximate surface area is 140 Å².